The molecule has 0 amide bonds. The van der Waals surface area contributed by atoms with Crippen molar-refractivity contribution in [3.05, 3.63) is 57.8 Å². The molecule has 1 aromatic rings. The molecule has 1 aliphatic carbocycles. The molecule has 2 atom stereocenters. The minimum Gasteiger partial charge on any atom is -0.507 e. The normalized spacial score (nSPS) is 28.2. The van der Waals surface area contributed by atoms with Gasteiger partial charge in [-0.1, -0.05) is 53.5 Å². The van der Waals surface area contributed by atoms with Gasteiger partial charge in [-0.25, -0.2) is 0 Å². The molecule has 2 rings (SSSR count). The monoisotopic (exact) mass is 322 g/mol. The third-order valence-electron chi connectivity index (χ3n) is 2.83. The van der Waals surface area contributed by atoms with Crippen molar-refractivity contribution < 1.29 is 5.11 Å². The lowest BCUT2D eigenvalue weighted by Crippen LogP contribution is -2.39. The summed E-state index contributed by atoms with van der Waals surface area (Å²) in [5, 5.41) is 9.20. The lowest BCUT2D eigenvalue weighted by molar-refractivity contribution is 0.419. The first-order chi connectivity index (χ1) is 8.45. The number of aliphatic hydroxyl groups is 1. The quantitative estimate of drug-likeness (QED) is 0.763. The van der Waals surface area contributed by atoms with Crippen LogP contribution in [0.3, 0.4) is 0 Å². The van der Waals surface area contributed by atoms with Gasteiger partial charge in [0.15, 0.2) is 0 Å². The van der Waals surface area contributed by atoms with Crippen molar-refractivity contribution in [2.75, 3.05) is 0 Å². The number of alkyl halides is 2. The van der Waals surface area contributed by atoms with E-state index in [1.165, 1.54) is 6.08 Å². The average Bonchev–Trinajstić information content (AvgIpc) is 2.36. The van der Waals surface area contributed by atoms with Gasteiger partial charge in [-0.3, -0.25) is 0 Å². The summed E-state index contributed by atoms with van der Waals surface area (Å²) in [5.41, 5.74) is 0.996. The van der Waals surface area contributed by atoms with Gasteiger partial charge >= 0.3 is 0 Å². The standard InChI is InChI=1S/C13H10Cl4O/c14-10-6-9(18)11(15)12(16)13(10,17)7-8-4-2-1-3-5-8/h1-6,12,18H,7H2. The third kappa shape index (κ3) is 2.50. The molecule has 1 aromatic carbocycles. The lowest BCUT2D eigenvalue weighted by Gasteiger charge is -2.34. The molecule has 18 heavy (non-hydrogen) atoms. The van der Waals surface area contributed by atoms with Crippen molar-refractivity contribution in [1.82, 2.24) is 0 Å². The van der Waals surface area contributed by atoms with Gasteiger partial charge in [0.2, 0.25) is 0 Å². The fourth-order valence-electron chi connectivity index (χ4n) is 1.83. The Morgan fingerprint density at radius 1 is 1.17 bits per heavy atom. The molecule has 0 saturated heterocycles. The van der Waals surface area contributed by atoms with E-state index >= 15 is 0 Å². The molecule has 0 aromatic heterocycles. The van der Waals surface area contributed by atoms with Gasteiger partial charge in [0, 0.05) is 5.03 Å². The second-order valence-corrected chi connectivity index (χ2v) is 6.04. The maximum Gasteiger partial charge on any atom is 0.132 e. The summed E-state index contributed by atoms with van der Waals surface area (Å²) >= 11 is 24.8. The zero-order valence-electron chi connectivity index (χ0n) is 9.21. The van der Waals surface area contributed by atoms with E-state index in [2.05, 4.69) is 0 Å². The van der Waals surface area contributed by atoms with E-state index in [0.29, 0.717) is 6.42 Å². The summed E-state index contributed by atoms with van der Waals surface area (Å²) in [6.07, 6.45) is 1.78. The molecule has 2 unspecified atom stereocenters. The van der Waals surface area contributed by atoms with Crippen LogP contribution in [-0.4, -0.2) is 15.4 Å². The molecule has 0 radical (unpaired) electrons. The molecule has 0 spiro atoms. The Kier molecular flexibility index (Phi) is 4.18. The first-order valence-corrected chi connectivity index (χ1v) is 6.85. The molecule has 0 saturated carbocycles. The molecule has 0 heterocycles. The van der Waals surface area contributed by atoms with E-state index in [-0.39, 0.29) is 15.8 Å². The van der Waals surface area contributed by atoms with Gasteiger partial charge in [0.05, 0.1) is 10.4 Å². The fourth-order valence-corrected chi connectivity index (χ4v) is 3.08. The summed E-state index contributed by atoms with van der Waals surface area (Å²) in [7, 11) is 0. The van der Waals surface area contributed by atoms with Crippen LogP contribution in [0.4, 0.5) is 0 Å². The topological polar surface area (TPSA) is 20.2 Å². The van der Waals surface area contributed by atoms with Crippen LogP contribution in [-0.2, 0) is 6.42 Å². The average molecular weight is 324 g/mol. The highest BCUT2D eigenvalue weighted by Crippen LogP contribution is 2.46. The van der Waals surface area contributed by atoms with Gasteiger partial charge in [-0.2, -0.15) is 0 Å². The minimum absolute atomic E-state index is 0.118. The van der Waals surface area contributed by atoms with Crippen LogP contribution in [0.25, 0.3) is 0 Å². The highest BCUT2D eigenvalue weighted by Gasteiger charge is 2.44. The van der Waals surface area contributed by atoms with Crippen LogP contribution in [0.5, 0.6) is 0 Å². The molecule has 5 heteroatoms. The van der Waals surface area contributed by atoms with E-state index in [1.54, 1.807) is 0 Å². The molecular formula is C13H10Cl4O. The van der Waals surface area contributed by atoms with E-state index in [0.717, 1.165) is 5.56 Å². The molecule has 0 bridgehead atoms. The van der Waals surface area contributed by atoms with E-state index < -0.39 is 10.3 Å². The predicted octanol–water partition coefficient (Wildman–Crippen LogP) is 4.96. The second-order valence-electron chi connectivity index (χ2n) is 4.11. The highest BCUT2D eigenvalue weighted by molar-refractivity contribution is 6.47. The SMILES string of the molecule is OC1=C(Cl)C(Cl)C(Cl)(Cc2ccccc2)C(Cl)=C1. The molecule has 0 aliphatic heterocycles. The zero-order chi connectivity index (χ0) is 13.3. The smallest absolute Gasteiger partial charge is 0.132 e. The van der Waals surface area contributed by atoms with Gasteiger partial charge in [0.1, 0.15) is 10.6 Å². The molecule has 1 aliphatic rings. The summed E-state index contributed by atoms with van der Waals surface area (Å²) in [6.45, 7) is 0. The number of hydrogen-bond acceptors (Lipinski definition) is 1. The first kappa shape index (κ1) is 14.1. The number of halogens is 4. The predicted molar refractivity (Wildman–Crippen MR) is 77.8 cm³/mol. The fraction of sp³-hybridized carbons (Fsp3) is 0.231. The number of benzene rings is 1. The number of allylic oxidation sites excluding steroid dienone is 3. The van der Waals surface area contributed by atoms with Crippen LogP contribution in [0.1, 0.15) is 5.56 Å². The van der Waals surface area contributed by atoms with Crippen molar-refractivity contribution >= 4 is 46.4 Å². The van der Waals surface area contributed by atoms with Crippen molar-refractivity contribution in [2.45, 2.75) is 16.7 Å². The molecular weight excluding hydrogens is 314 g/mol. The van der Waals surface area contributed by atoms with Gasteiger partial charge in [-0.05, 0) is 18.1 Å². The Balaban J connectivity index is 2.35. The van der Waals surface area contributed by atoms with Crippen molar-refractivity contribution in [1.29, 1.82) is 0 Å². The molecule has 1 N–H and O–H groups in total. The highest BCUT2D eigenvalue weighted by atomic mass is 35.5. The largest absolute Gasteiger partial charge is 0.507 e. The Labute approximate surface area is 126 Å². The van der Waals surface area contributed by atoms with Crippen LogP contribution in [0.2, 0.25) is 0 Å². The molecule has 0 fully saturated rings. The number of hydrogen-bond donors (Lipinski definition) is 1. The Morgan fingerprint density at radius 2 is 1.78 bits per heavy atom. The first-order valence-electron chi connectivity index (χ1n) is 5.28. The summed E-state index contributed by atoms with van der Waals surface area (Å²) in [5.74, 6) is -0.133. The minimum atomic E-state index is -1.03. The number of rotatable bonds is 2. The lowest BCUT2D eigenvalue weighted by atomic mass is 9.90. The van der Waals surface area contributed by atoms with Crippen LogP contribution in [0.15, 0.2) is 52.2 Å². The van der Waals surface area contributed by atoms with Crippen LogP contribution < -0.4 is 0 Å². The summed E-state index contributed by atoms with van der Waals surface area (Å²) < 4.78 is 0. The Hall–Kier alpha value is -0.340. The molecule has 96 valence electrons. The van der Waals surface area contributed by atoms with Crippen molar-refractivity contribution in [3.8, 4) is 0 Å². The Morgan fingerprint density at radius 3 is 2.39 bits per heavy atom. The van der Waals surface area contributed by atoms with E-state index in [9.17, 15) is 5.11 Å². The zero-order valence-corrected chi connectivity index (χ0v) is 12.2. The van der Waals surface area contributed by atoms with Crippen molar-refractivity contribution in [2.24, 2.45) is 0 Å². The third-order valence-corrected chi connectivity index (χ3v) is 5.16. The van der Waals surface area contributed by atoms with Gasteiger partial charge in [-0.15, -0.1) is 23.2 Å². The van der Waals surface area contributed by atoms with Gasteiger partial charge in [0.25, 0.3) is 0 Å². The number of aliphatic hydroxyl groups excluding tert-OH is 1. The van der Waals surface area contributed by atoms with Crippen molar-refractivity contribution in [3.63, 3.8) is 0 Å². The van der Waals surface area contributed by atoms with Crippen LogP contribution >= 0.6 is 46.4 Å². The maximum absolute atomic E-state index is 9.56. The van der Waals surface area contributed by atoms with Crippen LogP contribution in [0, 0.1) is 0 Å². The maximum atomic E-state index is 9.56. The van der Waals surface area contributed by atoms with E-state index in [1.807, 2.05) is 30.3 Å². The second kappa shape index (κ2) is 5.34. The summed E-state index contributed by atoms with van der Waals surface area (Å²) in [6, 6.07) is 9.61. The molecule has 1 nitrogen and oxygen atoms in total. The van der Waals surface area contributed by atoms with E-state index in [4.69, 9.17) is 46.4 Å². The Bertz CT molecular complexity index is 509. The summed E-state index contributed by atoms with van der Waals surface area (Å²) in [4.78, 5) is -1.03. The van der Waals surface area contributed by atoms with Gasteiger partial charge < -0.3 is 5.11 Å².